The standard InChI is InChI=1S/C22H30N7O3P/c1-4-27(5-2)15-26-21-20-22(24-14-23-21)28(16-25-20)9-11-30-17-33-31-12-10-29(32-33)19-8-6-7-18(3)13-19/h6-8,13-16H,4-5,9-12,17H2,1-3H3/b26-15-/t33-/m1/s1. The Morgan fingerprint density at radius 1 is 1.24 bits per heavy atom. The Hall–Kier alpha value is -2.65. The molecule has 1 saturated heterocycles. The average molecular weight is 472 g/mol. The predicted octanol–water partition coefficient (Wildman–Crippen LogP) is 3.89. The number of hydroxylamine groups is 1. The minimum absolute atomic E-state index is 0.401. The molecule has 33 heavy (non-hydrogen) atoms. The van der Waals surface area contributed by atoms with Gasteiger partial charge < -0.3 is 18.7 Å². The first kappa shape index (κ1) is 23.5. The molecule has 0 spiro atoms. The summed E-state index contributed by atoms with van der Waals surface area (Å²) in [7, 11) is -1.14. The van der Waals surface area contributed by atoms with Crippen LogP contribution in [0.15, 0.2) is 41.9 Å². The van der Waals surface area contributed by atoms with Gasteiger partial charge in [-0.05, 0) is 38.5 Å². The zero-order valence-electron chi connectivity index (χ0n) is 19.3. The molecule has 0 saturated carbocycles. The van der Waals surface area contributed by atoms with Crippen LogP contribution in [0.5, 0.6) is 0 Å². The van der Waals surface area contributed by atoms with E-state index in [1.807, 2.05) is 21.8 Å². The molecule has 0 unspecified atom stereocenters. The van der Waals surface area contributed by atoms with Crippen molar-refractivity contribution in [3.8, 4) is 0 Å². The van der Waals surface area contributed by atoms with Gasteiger partial charge in [0.2, 0.25) is 8.38 Å². The number of fused-ring (bicyclic) bond motifs is 1. The molecule has 1 aliphatic rings. The SMILES string of the molecule is CCN(/C=N\c1ncnc2c1ncn2CCOC[P@]1OCCN(c2cccc(C)c2)O1)CC. The summed E-state index contributed by atoms with van der Waals surface area (Å²) in [5.41, 5.74) is 3.65. The largest absolute Gasteiger partial charge is 0.370 e. The van der Waals surface area contributed by atoms with E-state index in [0.717, 1.165) is 24.4 Å². The minimum Gasteiger partial charge on any atom is -0.370 e. The molecule has 0 N–H and O–H groups in total. The molecule has 0 bridgehead atoms. The number of imidazole rings is 1. The lowest BCUT2D eigenvalue weighted by molar-refractivity contribution is 0.119. The number of rotatable bonds is 10. The second-order valence-corrected chi connectivity index (χ2v) is 8.84. The molecule has 1 atom stereocenters. The molecular formula is C22H30N7O3P. The maximum absolute atomic E-state index is 6.01. The molecule has 176 valence electrons. The molecule has 3 aromatic rings. The lowest BCUT2D eigenvalue weighted by Crippen LogP contribution is -2.31. The Morgan fingerprint density at radius 2 is 2.12 bits per heavy atom. The molecule has 4 rings (SSSR count). The number of hydrogen-bond donors (Lipinski definition) is 0. The van der Waals surface area contributed by atoms with Gasteiger partial charge in [-0.2, -0.15) is 0 Å². The second kappa shape index (κ2) is 11.5. The molecule has 10 nitrogen and oxygen atoms in total. The van der Waals surface area contributed by atoms with Gasteiger partial charge in [0.05, 0.1) is 38.1 Å². The van der Waals surface area contributed by atoms with Gasteiger partial charge in [-0.15, -0.1) is 0 Å². The van der Waals surface area contributed by atoms with Gasteiger partial charge in [-0.1, -0.05) is 12.1 Å². The summed E-state index contributed by atoms with van der Waals surface area (Å²) in [4.78, 5) is 19.7. The van der Waals surface area contributed by atoms with Gasteiger partial charge in [-0.3, -0.25) is 0 Å². The summed E-state index contributed by atoms with van der Waals surface area (Å²) in [6, 6.07) is 8.24. The number of aliphatic imine (C=N–C) groups is 1. The van der Waals surface area contributed by atoms with E-state index in [-0.39, 0.29) is 0 Å². The summed E-state index contributed by atoms with van der Waals surface area (Å²) in [5.74, 6) is 0.565. The summed E-state index contributed by atoms with van der Waals surface area (Å²) in [6.45, 7) is 10.4. The number of hydrogen-bond acceptors (Lipinski definition) is 8. The van der Waals surface area contributed by atoms with E-state index < -0.39 is 8.38 Å². The van der Waals surface area contributed by atoms with Crippen LogP contribution in [-0.2, 0) is 20.4 Å². The highest BCUT2D eigenvalue weighted by Gasteiger charge is 2.23. The maximum atomic E-state index is 6.01. The van der Waals surface area contributed by atoms with E-state index in [2.05, 4.69) is 57.7 Å². The number of aryl methyl sites for hydroxylation is 1. The van der Waals surface area contributed by atoms with Crippen molar-refractivity contribution in [2.45, 2.75) is 27.3 Å². The molecule has 0 radical (unpaired) electrons. The average Bonchev–Trinajstić information content (AvgIpc) is 3.26. The van der Waals surface area contributed by atoms with Gasteiger partial charge in [0.1, 0.15) is 12.7 Å². The molecule has 1 aromatic carbocycles. The zero-order chi connectivity index (χ0) is 23.0. The lowest BCUT2D eigenvalue weighted by Gasteiger charge is -2.32. The van der Waals surface area contributed by atoms with Crippen molar-refractivity contribution in [1.82, 2.24) is 24.4 Å². The fourth-order valence-electron chi connectivity index (χ4n) is 3.37. The smallest absolute Gasteiger partial charge is 0.227 e. The molecule has 1 aliphatic heterocycles. The zero-order valence-corrected chi connectivity index (χ0v) is 20.2. The Labute approximate surface area is 195 Å². The fourth-order valence-corrected chi connectivity index (χ4v) is 4.50. The Kier molecular flexibility index (Phi) is 8.17. The fraction of sp³-hybridized carbons (Fsp3) is 0.455. The summed E-state index contributed by atoms with van der Waals surface area (Å²) < 4.78 is 19.6. The highest BCUT2D eigenvalue weighted by Crippen LogP contribution is 2.43. The Bertz CT molecular complexity index is 1070. The van der Waals surface area contributed by atoms with Crippen molar-refractivity contribution < 1.29 is 13.9 Å². The van der Waals surface area contributed by atoms with E-state index in [1.54, 1.807) is 12.7 Å². The van der Waals surface area contributed by atoms with Gasteiger partial charge in [-0.25, -0.2) is 29.6 Å². The van der Waals surface area contributed by atoms with Crippen molar-refractivity contribution in [3.05, 3.63) is 42.5 Å². The lowest BCUT2D eigenvalue weighted by atomic mass is 10.2. The highest BCUT2D eigenvalue weighted by atomic mass is 31.2. The summed E-state index contributed by atoms with van der Waals surface area (Å²) >= 11 is 0. The topological polar surface area (TPSA) is 90.1 Å². The van der Waals surface area contributed by atoms with Crippen LogP contribution in [0.25, 0.3) is 11.2 Å². The quantitative estimate of drug-likeness (QED) is 0.190. The number of nitrogens with zero attached hydrogens (tertiary/aromatic N) is 7. The third-order valence-corrected chi connectivity index (χ3v) is 6.46. The Morgan fingerprint density at radius 3 is 2.94 bits per heavy atom. The van der Waals surface area contributed by atoms with Crippen LogP contribution in [0.3, 0.4) is 0 Å². The van der Waals surface area contributed by atoms with E-state index in [4.69, 9.17) is 13.9 Å². The molecule has 2 aromatic heterocycles. The van der Waals surface area contributed by atoms with Gasteiger partial charge >= 0.3 is 0 Å². The molecule has 0 amide bonds. The molecule has 1 fully saturated rings. The van der Waals surface area contributed by atoms with Crippen LogP contribution < -0.4 is 5.06 Å². The molecule has 3 heterocycles. The van der Waals surface area contributed by atoms with Crippen LogP contribution in [0, 0.1) is 6.92 Å². The van der Waals surface area contributed by atoms with E-state index in [1.165, 1.54) is 11.9 Å². The first-order valence-corrected chi connectivity index (χ1v) is 12.5. The second-order valence-electron chi connectivity index (χ2n) is 7.50. The summed E-state index contributed by atoms with van der Waals surface area (Å²) in [5, 5.41) is 1.89. The first-order chi connectivity index (χ1) is 16.2. The van der Waals surface area contributed by atoms with Crippen LogP contribution in [0.2, 0.25) is 0 Å². The van der Waals surface area contributed by atoms with E-state index in [0.29, 0.717) is 44.0 Å². The minimum atomic E-state index is -1.14. The number of anilines is 1. The number of ether oxygens (including phenoxy) is 1. The van der Waals surface area contributed by atoms with Crippen molar-refractivity contribution in [2.24, 2.45) is 4.99 Å². The third kappa shape index (κ3) is 6.03. The summed E-state index contributed by atoms with van der Waals surface area (Å²) in [6.07, 6.45) is 5.47. The predicted molar refractivity (Wildman–Crippen MR) is 130 cm³/mol. The van der Waals surface area contributed by atoms with Crippen molar-refractivity contribution in [3.63, 3.8) is 0 Å². The van der Waals surface area contributed by atoms with Crippen LogP contribution >= 0.6 is 8.38 Å². The monoisotopic (exact) mass is 471 g/mol. The number of benzene rings is 1. The van der Waals surface area contributed by atoms with E-state index >= 15 is 0 Å². The first-order valence-electron chi connectivity index (χ1n) is 11.1. The highest BCUT2D eigenvalue weighted by molar-refractivity contribution is 7.47. The normalized spacial score (nSPS) is 16.7. The Balaban J connectivity index is 1.30. The van der Waals surface area contributed by atoms with Crippen molar-refractivity contribution >= 4 is 37.4 Å². The van der Waals surface area contributed by atoms with Crippen molar-refractivity contribution in [2.75, 3.05) is 44.3 Å². The maximum Gasteiger partial charge on any atom is 0.227 e. The third-order valence-electron chi connectivity index (χ3n) is 5.22. The van der Waals surface area contributed by atoms with Gasteiger partial charge in [0, 0.05) is 19.6 Å². The van der Waals surface area contributed by atoms with E-state index in [9.17, 15) is 0 Å². The van der Waals surface area contributed by atoms with Crippen molar-refractivity contribution in [1.29, 1.82) is 0 Å². The van der Waals surface area contributed by atoms with Crippen LogP contribution in [0.1, 0.15) is 19.4 Å². The molecule has 11 heteroatoms. The van der Waals surface area contributed by atoms with Crippen LogP contribution in [-0.4, -0.2) is 70.0 Å². The molecular weight excluding hydrogens is 441 g/mol. The molecule has 0 aliphatic carbocycles. The number of aromatic nitrogens is 4. The van der Waals surface area contributed by atoms with Gasteiger partial charge in [0.25, 0.3) is 0 Å². The van der Waals surface area contributed by atoms with Crippen LogP contribution in [0.4, 0.5) is 11.5 Å². The van der Waals surface area contributed by atoms with Gasteiger partial charge in [0.15, 0.2) is 17.0 Å².